The zero-order valence-corrected chi connectivity index (χ0v) is 25.7. The van der Waals surface area contributed by atoms with E-state index in [-0.39, 0.29) is 33.1 Å². The fourth-order valence-corrected chi connectivity index (χ4v) is 11.8. The summed E-state index contributed by atoms with van der Waals surface area (Å²) in [5.74, 6) is -2.42. The molecule has 0 radical (unpaired) electrons. The van der Waals surface area contributed by atoms with E-state index in [1.54, 1.807) is 48.5 Å². The molecule has 3 aromatic carbocycles. The number of esters is 1. The Hall–Kier alpha value is -3.30. The Labute approximate surface area is 240 Å². The van der Waals surface area contributed by atoms with Gasteiger partial charge in [-0.05, 0) is 46.5 Å². The third-order valence-corrected chi connectivity index (χ3v) is 14.4. The summed E-state index contributed by atoms with van der Waals surface area (Å²) in [5.41, 5.74) is 1.57. The van der Waals surface area contributed by atoms with Gasteiger partial charge in [0.15, 0.2) is 23.1 Å². The summed E-state index contributed by atoms with van der Waals surface area (Å²) in [5, 5.41) is 19.3. The van der Waals surface area contributed by atoms with Crippen LogP contribution in [-0.4, -0.2) is 30.3 Å². The number of rotatable bonds is 11. The molecule has 3 aromatic rings. The number of hydrogen-bond donors (Lipinski definition) is 2. The standard InChI is InChI=1S/C31H37FO6SSi/c1-18(2)40(19(3)4,20(5)6)38-26-16-13-23(17-27(26)37-21(7)33)30(29(36)22-11-9-8-10-12-22)39-31-25(35)15-14-24(34)28(31)32/h8-20,30,34-35H,1-7H3. The topological polar surface area (TPSA) is 93.1 Å². The van der Waals surface area contributed by atoms with Crippen molar-refractivity contribution >= 4 is 31.8 Å². The molecule has 6 nitrogen and oxygen atoms in total. The Morgan fingerprint density at radius 3 is 1.95 bits per heavy atom. The van der Waals surface area contributed by atoms with Gasteiger partial charge >= 0.3 is 5.97 Å². The zero-order valence-electron chi connectivity index (χ0n) is 23.9. The predicted octanol–water partition coefficient (Wildman–Crippen LogP) is 8.43. The first kappa shape index (κ1) is 31.2. The second-order valence-corrected chi connectivity index (χ2v) is 17.2. The van der Waals surface area contributed by atoms with E-state index in [1.807, 2.05) is 0 Å². The first-order chi connectivity index (χ1) is 18.8. The van der Waals surface area contributed by atoms with Crippen molar-refractivity contribution in [1.82, 2.24) is 0 Å². The molecule has 1 atom stereocenters. The quantitative estimate of drug-likeness (QED) is 0.0583. The van der Waals surface area contributed by atoms with E-state index in [0.717, 1.165) is 17.8 Å². The van der Waals surface area contributed by atoms with Crippen LogP contribution in [0.1, 0.15) is 69.6 Å². The van der Waals surface area contributed by atoms with Crippen LogP contribution in [0, 0.1) is 5.82 Å². The molecule has 2 N–H and O–H groups in total. The molecule has 1 unspecified atom stereocenters. The molecule has 0 fully saturated rings. The third kappa shape index (κ3) is 6.53. The van der Waals surface area contributed by atoms with Gasteiger partial charge in [-0.25, -0.2) is 4.39 Å². The Morgan fingerprint density at radius 2 is 1.40 bits per heavy atom. The molecule has 0 amide bonds. The number of carbonyl (C=O) groups excluding carboxylic acids is 2. The highest BCUT2D eigenvalue weighted by molar-refractivity contribution is 8.00. The maximum absolute atomic E-state index is 14.9. The van der Waals surface area contributed by atoms with E-state index in [0.29, 0.717) is 16.9 Å². The minimum atomic E-state index is -2.43. The summed E-state index contributed by atoms with van der Waals surface area (Å²) < 4.78 is 27.3. The van der Waals surface area contributed by atoms with E-state index in [2.05, 4.69) is 41.5 Å². The number of aromatic hydroxyl groups is 2. The molecule has 0 spiro atoms. The molecule has 40 heavy (non-hydrogen) atoms. The Kier molecular flexibility index (Phi) is 10.1. The molecule has 3 rings (SSSR count). The average molecular weight is 585 g/mol. The number of phenols is 2. The first-order valence-electron chi connectivity index (χ1n) is 13.3. The number of hydrogen-bond acceptors (Lipinski definition) is 7. The maximum atomic E-state index is 14.9. The Bertz CT molecular complexity index is 1340. The number of benzene rings is 3. The summed E-state index contributed by atoms with van der Waals surface area (Å²) in [7, 11) is -2.43. The Balaban J connectivity index is 2.18. The van der Waals surface area contributed by atoms with Crippen LogP contribution in [0.3, 0.4) is 0 Å². The number of halogens is 1. The fourth-order valence-electron chi connectivity index (χ4n) is 5.34. The number of thioether (sulfide) groups is 1. The first-order valence-corrected chi connectivity index (χ1v) is 16.3. The minimum Gasteiger partial charge on any atom is -0.540 e. The van der Waals surface area contributed by atoms with E-state index >= 15 is 0 Å². The van der Waals surface area contributed by atoms with E-state index in [9.17, 15) is 24.2 Å². The van der Waals surface area contributed by atoms with Crippen LogP contribution >= 0.6 is 11.8 Å². The molecule has 214 valence electrons. The summed E-state index contributed by atoms with van der Waals surface area (Å²) in [6.45, 7) is 14.2. The van der Waals surface area contributed by atoms with Crippen molar-refractivity contribution in [2.75, 3.05) is 0 Å². The van der Waals surface area contributed by atoms with Gasteiger partial charge < -0.3 is 19.4 Å². The van der Waals surface area contributed by atoms with E-state index in [4.69, 9.17) is 9.16 Å². The van der Waals surface area contributed by atoms with Crippen LogP contribution in [0.2, 0.25) is 16.6 Å². The molecule has 0 saturated carbocycles. The molecule has 0 heterocycles. The molecular formula is C31H37FO6SSi. The van der Waals surface area contributed by atoms with Gasteiger partial charge in [0, 0.05) is 12.5 Å². The van der Waals surface area contributed by atoms with Crippen molar-refractivity contribution in [3.8, 4) is 23.0 Å². The van der Waals surface area contributed by atoms with E-state index < -0.39 is 36.9 Å². The van der Waals surface area contributed by atoms with Gasteiger partial charge in [-0.2, -0.15) is 0 Å². The monoisotopic (exact) mass is 584 g/mol. The second-order valence-electron chi connectivity index (χ2n) is 10.7. The summed E-state index contributed by atoms with van der Waals surface area (Å²) in [4.78, 5) is 25.6. The highest BCUT2D eigenvalue weighted by Gasteiger charge is 2.47. The van der Waals surface area contributed by atoms with Crippen LogP contribution in [0.5, 0.6) is 23.0 Å². The van der Waals surface area contributed by atoms with Crippen LogP contribution in [-0.2, 0) is 4.79 Å². The smallest absolute Gasteiger partial charge is 0.308 e. The van der Waals surface area contributed by atoms with Crippen LogP contribution in [0.25, 0.3) is 0 Å². The second kappa shape index (κ2) is 12.9. The highest BCUT2D eigenvalue weighted by atomic mass is 32.2. The minimum absolute atomic E-state index is 0.163. The lowest BCUT2D eigenvalue weighted by atomic mass is 10.0. The lowest BCUT2D eigenvalue weighted by Crippen LogP contribution is -2.50. The summed E-state index contributed by atoms with van der Waals surface area (Å²) in [6.07, 6.45) is 0. The normalized spacial score (nSPS) is 12.6. The molecule has 0 bridgehead atoms. The lowest BCUT2D eigenvalue weighted by molar-refractivity contribution is -0.131. The van der Waals surface area contributed by atoms with Gasteiger partial charge in [-0.3, -0.25) is 9.59 Å². The number of ether oxygens (including phenoxy) is 1. The predicted molar refractivity (Wildman–Crippen MR) is 159 cm³/mol. The number of phenolic OH excluding ortho intramolecular Hbond substituents is 2. The molecule has 9 heteroatoms. The van der Waals surface area contributed by atoms with Crippen molar-refractivity contribution < 1.29 is 33.4 Å². The van der Waals surface area contributed by atoms with Crippen molar-refractivity contribution in [2.24, 2.45) is 0 Å². The van der Waals surface area contributed by atoms with Gasteiger partial charge in [0.2, 0.25) is 0 Å². The van der Waals surface area contributed by atoms with Gasteiger partial charge in [-0.1, -0.05) is 77.9 Å². The van der Waals surface area contributed by atoms with Crippen LogP contribution in [0.4, 0.5) is 4.39 Å². The molecule has 0 aromatic heterocycles. The summed E-state index contributed by atoms with van der Waals surface area (Å²) in [6, 6.07) is 15.7. The summed E-state index contributed by atoms with van der Waals surface area (Å²) >= 11 is 0.766. The number of carbonyl (C=O) groups is 2. The van der Waals surface area contributed by atoms with Gasteiger partial charge in [0.05, 0.1) is 10.1 Å². The largest absolute Gasteiger partial charge is 0.540 e. The molecular weight excluding hydrogens is 547 g/mol. The SMILES string of the molecule is CC(=O)Oc1cc(C(Sc2c(O)ccc(O)c2F)C(=O)c2ccccc2)ccc1O[Si](C(C)C)(C(C)C)C(C)C. The van der Waals surface area contributed by atoms with Gasteiger partial charge in [0.1, 0.15) is 11.5 Å². The zero-order chi connectivity index (χ0) is 29.8. The average Bonchev–Trinajstić information content (AvgIpc) is 2.89. The fraction of sp³-hybridized carbons (Fsp3) is 0.355. The maximum Gasteiger partial charge on any atom is 0.308 e. The van der Waals surface area contributed by atoms with Crippen molar-refractivity contribution in [3.05, 3.63) is 77.6 Å². The van der Waals surface area contributed by atoms with Crippen LogP contribution in [0.15, 0.2) is 65.6 Å². The number of ketones is 1. The van der Waals surface area contributed by atoms with Crippen molar-refractivity contribution in [3.63, 3.8) is 0 Å². The van der Waals surface area contributed by atoms with Crippen molar-refractivity contribution in [2.45, 2.75) is 75.2 Å². The van der Waals surface area contributed by atoms with Crippen molar-refractivity contribution in [1.29, 1.82) is 0 Å². The number of Topliss-reactive ketones (excluding diaryl/α,β-unsaturated/α-hetero) is 1. The third-order valence-electron chi connectivity index (χ3n) is 7.11. The Morgan fingerprint density at radius 1 is 0.825 bits per heavy atom. The molecule has 0 aliphatic heterocycles. The molecule has 0 aliphatic rings. The van der Waals surface area contributed by atoms with Gasteiger partial charge in [0.25, 0.3) is 8.32 Å². The molecule has 0 saturated heterocycles. The van der Waals surface area contributed by atoms with E-state index in [1.165, 1.54) is 13.0 Å². The van der Waals surface area contributed by atoms with Gasteiger partial charge in [-0.15, -0.1) is 11.8 Å². The van der Waals surface area contributed by atoms with Crippen LogP contribution < -0.4 is 9.16 Å². The molecule has 0 aliphatic carbocycles. The highest BCUT2D eigenvalue weighted by Crippen LogP contribution is 2.48. The lowest BCUT2D eigenvalue weighted by Gasteiger charge is -2.42.